The molecule has 2 N–H and O–H groups in total. The van der Waals surface area contributed by atoms with Crippen LogP contribution in [0.15, 0.2) is 30.5 Å². The quantitative estimate of drug-likeness (QED) is 0.672. The average molecular weight is 307 g/mol. The summed E-state index contributed by atoms with van der Waals surface area (Å²) in [6.07, 6.45) is 1.41. The van der Waals surface area contributed by atoms with Crippen LogP contribution in [0, 0.1) is 5.41 Å². The lowest BCUT2D eigenvalue weighted by Gasteiger charge is -2.20. The minimum atomic E-state index is -1.73. The maximum Gasteiger partial charge on any atom is 0.337 e. The highest BCUT2D eigenvalue weighted by atomic mass is 35.5. The highest BCUT2D eigenvalue weighted by Gasteiger charge is 2.33. The summed E-state index contributed by atoms with van der Waals surface area (Å²) in [6, 6.07) is 6.99. The summed E-state index contributed by atoms with van der Waals surface area (Å²) in [5.74, 6) is -0.766. The summed E-state index contributed by atoms with van der Waals surface area (Å²) >= 11 is 5.90. The zero-order valence-corrected chi connectivity index (χ0v) is 12.4. The standard InChI is InChI=1S/C15H15ClN2O3/c1-15(20,14(19)21-2)7-12(17)9-3-4-13-10(5-9)6-11(16)8-18-13/h3-6,8,17,20H,7H2,1-2H3. The number of esters is 1. The number of carbonyl (C=O) groups is 1. The SMILES string of the molecule is COC(=O)C(C)(O)CC(=N)c1ccc2ncc(Cl)cc2c1. The number of rotatable bonds is 4. The van der Waals surface area contributed by atoms with E-state index < -0.39 is 11.6 Å². The fourth-order valence-electron chi connectivity index (χ4n) is 2.03. The van der Waals surface area contributed by atoms with E-state index in [9.17, 15) is 9.90 Å². The van der Waals surface area contributed by atoms with Crippen LogP contribution >= 0.6 is 11.6 Å². The molecule has 2 rings (SSSR count). The summed E-state index contributed by atoms with van der Waals surface area (Å²) in [4.78, 5) is 15.6. The highest BCUT2D eigenvalue weighted by molar-refractivity contribution is 6.31. The van der Waals surface area contributed by atoms with Gasteiger partial charge in [0.05, 0.1) is 17.6 Å². The fourth-order valence-corrected chi connectivity index (χ4v) is 2.20. The number of aromatic nitrogens is 1. The van der Waals surface area contributed by atoms with Gasteiger partial charge >= 0.3 is 5.97 Å². The van der Waals surface area contributed by atoms with Crippen LogP contribution < -0.4 is 0 Å². The number of halogens is 1. The first kappa shape index (κ1) is 15.4. The zero-order chi connectivity index (χ0) is 15.6. The van der Waals surface area contributed by atoms with E-state index in [1.807, 2.05) is 0 Å². The normalized spacial score (nSPS) is 13.7. The Bertz CT molecular complexity index is 713. The predicted molar refractivity (Wildman–Crippen MR) is 80.8 cm³/mol. The third kappa shape index (κ3) is 3.37. The van der Waals surface area contributed by atoms with Crippen molar-refractivity contribution in [3.05, 3.63) is 41.0 Å². The van der Waals surface area contributed by atoms with E-state index in [2.05, 4.69) is 9.72 Å². The molecular formula is C15H15ClN2O3. The van der Waals surface area contributed by atoms with Crippen LogP contribution in [-0.4, -0.2) is 34.5 Å². The van der Waals surface area contributed by atoms with Gasteiger partial charge in [0.2, 0.25) is 0 Å². The highest BCUT2D eigenvalue weighted by Crippen LogP contribution is 2.21. The van der Waals surface area contributed by atoms with Crippen LogP contribution in [0.1, 0.15) is 18.9 Å². The van der Waals surface area contributed by atoms with Gasteiger partial charge in [-0.05, 0) is 30.7 Å². The number of methoxy groups -OCH3 is 1. The van der Waals surface area contributed by atoms with Crippen LogP contribution in [0.3, 0.4) is 0 Å². The first-order chi connectivity index (χ1) is 9.83. The zero-order valence-electron chi connectivity index (χ0n) is 11.7. The lowest BCUT2D eigenvalue weighted by atomic mass is 9.94. The maximum atomic E-state index is 11.5. The summed E-state index contributed by atoms with van der Waals surface area (Å²) in [6.45, 7) is 1.33. The number of benzene rings is 1. The summed E-state index contributed by atoms with van der Waals surface area (Å²) in [5, 5.41) is 19.4. The Morgan fingerprint density at radius 3 is 2.86 bits per heavy atom. The van der Waals surface area contributed by atoms with Gasteiger partial charge < -0.3 is 15.3 Å². The van der Waals surface area contributed by atoms with Gasteiger partial charge in [0.1, 0.15) is 0 Å². The van der Waals surface area contributed by atoms with Crippen molar-refractivity contribution in [1.82, 2.24) is 4.98 Å². The van der Waals surface area contributed by atoms with E-state index in [4.69, 9.17) is 17.0 Å². The molecule has 0 aliphatic rings. The van der Waals surface area contributed by atoms with Crippen molar-refractivity contribution in [3.8, 4) is 0 Å². The van der Waals surface area contributed by atoms with Crippen molar-refractivity contribution in [1.29, 1.82) is 5.41 Å². The van der Waals surface area contributed by atoms with Crippen molar-refractivity contribution >= 4 is 34.2 Å². The third-order valence-corrected chi connectivity index (χ3v) is 3.35. The molecule has 0 bridgehead atoms. The second kappa shape index (κ2) is 5.79. The Labute approximate surface area is 127 Å². The molecule has 6 heteroatoms. The van der Waals surface area contributed by atoms with Gasteiger partial charge in [0.15, 0.2) is 5.60 Å². The number of nitrogens with one attached hydrogen (secondary N) is 1. The van der Waals surface area contributed by atoms with E-state index in [1.54, 1.807) is 30.5 Å². The molecule has 0 amide bonds. The molecule has 1 aromatic heterocycles. The van der Waals surface area contributed by atoms with Gasteiger partial charge in [0, 0.05) is 23.7 Å². The molecule has 0 fully saturated rings. The monoisotopic (exact) mass is 306 g/mol. The molecule has 0 saturated heterocycles. The van der Waals surface area contributed by atoms with Gasteiger partial charge in [-0.15, -0.1) is 0 Å². The molecule has 5 nitrogen and oxygen atoms in total. The minimum Gasteiger partial charge on any atom is -0.467 e. The molecule has 1 heterocycles. The molecule has 21 heavy (non-hydrogen) atoms. The van der Waals surface area contributed by atoms with Crippen LogP contribution in [0.5, 0.6) is 0 Å². The first-order valence-electron chi connectivity index (χ1n) is 6.27. The number of nitrogens with zero attached hydrogens (tertiary/aromatic N) is 1. The first-order valence-corrected chi connectivity index (χ1v) is 6.65. The number of fused-ring (bicyclic) bond motifs is 1. The molecule has 2 aromatic rings. The van der Waals surface area contributed by atoms with Gasteiger partial charge in [-0.2, -0.15) is 0 Å². The van der Waals surface area contributed by atoms with Gasteiger partial charge in [-0.1, -0.05) is 17.7 Å². The maximum absolute atomic E-state index is 11.5. The third-order valence-electron chi connectivity index (χ3n) is 3.14. The molecule has 0 spiro atoms. The number of carbonyl (C=O) groups excluding carboxylic acids is 1. The largest absolute Gasteiger partial charge is 0.467 e. The average Bonchev–Trinajstić information content (AvgIpc) is 2.44. The Morgan fingerprint density at radius 1 is 1.48 bits per heavy atom. The van der Waals surface area contributed by atoms with Crippen molar-refractivity contribution in [2.45, 2.75) is 18.9 Å². The van der Waals surface area contributed by atoms with Crippen molar-refractivity contribution < 1.29 is 14.6 Å². The molecule has 0 aliphatic carbocycles. The van der Waals surface area contributed by atoms with Gasteiger partial charge in [0.25, 0.3) is 0 Å². The van der Waals surface area contributed by atoms with Crippen LogP contribution in [-0.2, 0) is 9.53 Å². The van der Waals surface area contributed by atoms with E-state index >= 15 is 0 Å². The lowest BCUT2D eigenvalue weighted by molar-refractivity contribution is -0.159. The number of pyridine rings is 1. The molecule has 0 aliphatic heterocycles. The number of hydrogen-bond acceptors (Lipinski definition) is 5. The van der Waals surface area contributed by atoms with Crippen molar-refractivity contribution in [3.63, 3.8) is 0 Å². The van der Waals surface area contributed by atoms with Crippen LogP contribution in [0.4, 0.5) is 0 Å². The Balaban J connectivity index is 2.29. The summed E-state index contributed by atoms with van der Waals surface area (Å²) in [5.41, 5.74) is -0.244. The molecule has 0 saturated carbocycles. The van der Waals surface area contributed by atoms with Crippen molar-refractivity contribution in [2.24, 2.45) is 0 Å². The molecule has 1 atom stereocenters. The fraction of sp³-hybridized carbons (Fsp3) is 0.267. The second-order valence-corrected chi connectivity index (χ2v) is 5.42. The Kier molecular flexibility index (Phi) is 4.25. The minimum absolute atomic E-state index is 0.132. The number of hydrogen-bond donors (Lipinski definition) is 2. The van der Waals surface area contributed by atoms with Crippen LogP contribution in [0.25, 0.3) is 10.9 Å². The lowest BCUT2D eigenvalue weighted by Crippen LogP contribution is -2.38. The number of aliphatic hydroxyl groups is 1. The Morgan fingerprint density at radius 2 is 2.19 bits per heavy atom. The van der Waals surface area contributed by atoms with E-state index in [-0.39, 0.29) is 12.1 Å². The number of ether oxygens (including phenoxy) is 1. The molecule has 1 unspecified atom stereocenters. The summed E-state index contributed by atoms with van der Waals surface area (Å²) in [7, 11) is 1.20. The van der Waals surface area contributed by atoms with Gasteiger partial charge in [-0.3, -0.25) is 4.98 Å². The second-order valence-electron chi connectivity index (χ2n) is 4.98. The van der Waals surface area contributed by atoms with E-state index in [0.29, 0.717) is 10.6 Å². The van der Waals surface area contributed by atoms with Gasteiger partial charge in [-0.25, -0.2) is 4.79 Å². The predicted octanol–water partition coefficient (Wildman–Crippen LogP) is 2.57. The van der Waals surface area contributed by atoms with Crippen LogP contribution in [0.2, 0.25) is 5.02 Å². The smallest absolute Gasteiger partial charge is 0.337 e. The molecule has 110 valence electrons. The molecule has 0 radical (unpaired) electrons. The Hall–Kier alpha value is -1.98. The molecular weight excluding hydrogens is 292 g/mol. The summed E-state index contributed by atoms with van der Waals surface area (Å²) < 4.78 is 4.52. The molecule has 1 aromatic carbocycles. The van der Waals surface area contributed by atoms with Crippen molar-refractivity contribution in [2.75, 3.05) is 7.11 Å². The van der Waals surface area contributed by atoms with E-state index in [1.165, 1.54) is 14.0 Å². The topological polar surface area (TPSA) is 83.3 Å². The van der Waals surface area contributed by atoms with E-state index in [0.717, 1.165) is 10.9 Å².